The highest BCUT2D eigenvalue weighted by molar-refractivity contribution is 5.83. The van der Waals surface area contributed by atoms with Gasteiger partial charge in [-0.1, -0.05) is 6.92 Å². The van der Waals surface area contributed by atoms with E-state index in [0.29, 0.717) is 11.3 Å². The van der Waals surface area contributed by atoms with E-state index in [1.807, 2.05) is 19.9 Å². The van der Waals surface area contributed by atoms with Crippen LogP contribution in [-0.2, 0) is 22.4 Å². The van der Waals surface area contributed by atoms with Crippen molar-refractivity contribution in [3.63, 3.8) is 0 Å². The van der Waals surface area contributed by atoms with Gasteiger partial charge in [-0.25, -0.2) is 9.59 Å². The lowest BCUT2D eigenvalue weighted by atomic mass is 9.91. The van der Waals surface area contributed by atoms with Crippen LogP contribution in [-0.4, -0.2) is 18.7 Å². The average molecular weight is 330 g/mol. The molecule has 0 saturated carbocycles. The molecule has 24 heavy (non-hydrogen) atoms. The number of hydrogen-bond donors (Lipinski definition) is 0. The number of ether oxygens (including phenoxy) is 2. The minimum Gasteiger partial charge on any atom is -0.482 e. The molecule has 0 radical (unpaired) electrons. The first-order valence-corrected chi connectivity index (χ1v) is 8.49. The van der Waals surface area contributed by atoms with E-state index in [1.54, 1.807) is 12.1 Å². The summed E-state index contributed by atoms with van der Waals surface area (Å²) >= 11 is 0. The third-order valence-corrected chi connectivity index (χ3v) is 4.46. The highest BCUT2D eigenvalue weighted by Gasteiger charge is 2.18. The predicted molar refractivity (Wildman–Crippen MR) is 90.5 cm³/mol. The Morgan fingerprint density at radius 2 is 2.00 bits per heavy atom. The lowest BCUT2D eigenvalue weighted by Gasteiger charge is -2.16. The first kappa shape index (κ1) is 16.6. The van der Waals surface area contributed by atoms with Gasteiger partial charge in [-0.2, -0.15) is 0 Å². The second-order valence-corrected chi connectivity index (χ2v) is 6.21. The molecule has 1 aromatic carbocycles. The molecule has 0 aliphatic heterocycles. The van der Waals surface area contributed by atoms with Crippen LogP contribution in [0.25, 0.3) is 11.0 Å². The van der Waals surface area contributed by atoms with Crippen LogP contribution >= 0.6 is 0 Å². The number of rotatable bonds is 5. The molecule has 0 saturated heterocycles. The first-order chi connectivity index (χ1) is 11.6. The first-order valence-electron chi connectivity index (χ1n) is 8.49. The molecular formula is C19H22O5. The smallest absolute Gasteiger partial charge is 0.344 e. The summed E-state index contributed by atoms with van der Waals surface area (Å²) in [6.07, 6.45) is 4.44. The van der Waals surface area contributed by atoms with E-state index in [1.165, 1.54) is 0 Å². The van der Waals surface area contributed by atoms with Crippen molar-refractivity contribution in [3.8, 4) is 5.75 Å². The summed E-state index contributed by atoms with van der Waals surface area (Å²) < 4.78 is 16.1. The Balaban J connectivity index is 1.79. The number of aryl methyl sites for hydroxylation is 1. The normalized spacial score (nSPS) is 14.9. The van der Waals surface area contributed by atoms with Crippen molar-refractivity contribution in [1.29, 1.82) is 0 Å². The van der Waals surface area contributed by atoms with Crippen LogP contribution in [0.4, 0.5) is 0 Å². The van der Waals surface area contributed by atoms with Crippen LogP contribution in [0.15, 0.2) is 27.4 Å². The number of hydrogen-bond acceptors (Lipinski definition) is 5. The summed E-state index contributed by atoms with van der Waals surface area (Å²) in [6, 6.07) is 5.37. The van der Waals surface area contributed by atoms with Gasteiger partial charge in [-0.15, -0.1) is 0 Å². The van der Waals surface area contributed by atoms with Crippen molar-refractivity contribution in [2.75, 3.05) is 6.61 Å². The maximum atomic E-state index is 12.1. The molecule has 1 aromatic heterocycles. The van der Waals surface area contributed by atoms with E-state index in [9.17, 15) is 9.59 Å². The van der Waals surface area contributed by atoms with Gasteiger partial charge in [-0.05, 0) is 56.7 Å². The Hall–Kier alpha value is -2.30. The molecule has 1 aliphatic carbocycles. The maximum Gasteiger partial charge on any atom is 0.344 e. The van der Waals surface area contributed by atoms with Gasteiger partial charge in [0.05, 0.1) is 6.10 Å². The van der Waals surface area contributed by atoms with Crippen LogP contribution in [0.2, 0.25) is 0 Å². The molecule has 0 fully saturated rings. The zero-order valence-electron chi connectivity index (χ0n) is 14.1. The molecule has 1 aliphatic rings. The molecule has 0 bridgehead atoms. The van der Waals surface area contributed by atoms with Crippen molar-refractivity contribution in [2.24, 2.45) is 0 Å². The van der Waals surface area contributed by atoms with E-state index in [0.717, 1.165) is 48.6 Å². The zero-order chi connectivity index (χ0) is 17.1. The Labute approximate surface area is 140 Å². The number of carbonyl (C=O) groups excluding carboxylic acids is 1. The fourth-order valence-electron chi connectivity index (χ4n) is 3.00. The molecule has 5 nitrogen and oxygen atoms in total. The van der Waals surface area contributed by atoms with E-state index >= 15 is 0 Å². The quantitative estimate of drug-likeness (QED) is 0.621. The van der Waals surface area contributed by atoms with Crippen molar-refractivity contribution >= 4 is 16.9 Å². The maximum absolute atomic E-state index is 12.1. The Kier molecular flexibility index (Phi) is 4.88. The average Bonchev–Trinajstić information content (AvgIpc) is 2.60. The summed E-state index contributed by atoms with van der Waals surface area (Å²) in [5.74, 6) is 0.0823. The number of esters is 1. The molecule has 5 heteroatoms. The molecule has 1 atom stereocenters. The van der Waals surface area contributed by atoms with Crippen molar-refractivity contribution in [1.82, 2.24) is 0 Å². The van der Waals surface area contributed by atoms with Gasteiger partial charge < -0.3 is 13.9 Å². The lowest BCUT2D eigenvalue weighted by molar-refractivity contribution is -0.150. The Bertz CT molecular complexity index is 805. The van der Waals surface area contributed by atoms with Crippen molar-refractivity contribution in [2.45, 2.75) is 52.1 Å². The zero-order valence-corrected chi connectivity index (χ0v) is 14.1. The highest BCUT2D eigenvalue weighted by atomic mass is 16.6. The van der Waals surface area contributed by atoms with Gasteiger partial charge in [0.15, 0.2) is 6.61 Å². The predicted octanol–water partition coefficient (Wildman–Crippen LogP) is 3.39. The van der Waals surface area contributed by atoms with Gasteiger partial charge in [0, 0.05) is 17.0 Å². The number of fused-ring (bicyclic) bond motifs is 3. The van der Waals surface area contributed by atoms with Gasteiger partial charge in [0.1, 0.15) is 11.3 Å². The molecule has 0 spiro atoms. The molecule has 0 amide bonds. The van der Waals surface area contributed by atoms with Crippen molar-refractivity contribution in [3.05, 3.63) is 39.7 Å². The third kappa shape index (κ3) is 3.45. The molecule has 2 aromatic rings. The van der Waals surface area contributed by atoms with Gasteiger partial charge >= 0.3 is 11.6 Å². The standard InChI is InChI=1S/C19H22O5/c1-3-12(2)23-18(20)11-22-13-8-9-15-14-6-4-5-7-16(14)19(21)24-17(15)10-13/h8-10,12H,3-7,11H2,1-2H3/t12-/m0/s1. The highest BCUT2D eigenvalue weighted by Crippen LogP contribution is 2.29. The van der Waals surface area contributed by atoms with Gasteiger partial charge in [0.25, 0.3) is 0 Å². The molecule has 0 N–H and O–H groups in total. The molecule has 1 heterocycles. The topological polar surface area (TPSA) is 65.7 Å². The summed E-state index contributed by atoms with van der Waals surface area (Å²) in [7, 11) is 0. The molecule has 128 valence electrons. The summed E-state index contributed by atoms with van der Waals surface area (Å²) in [6.45, 7) is 3.63. The molecular weight excluding hydrogens is 308 g/mol. The Morgan fingerprint density at radius 3 is 2.75 bits per heavy atom. The van der Waals surface area contributed by atoms with E-state index in [2.05, 4.69) is 0 Å². The fourth-order valence-corrected chi connectivity index (χ4v) is 3.00. The summed E-state index contributed by atoms with van der Waals surface area (Å²) in [4.78, 5) is 23.8. The van der Waals surface area contributed by atoms with Gasteiger partial charge in [-0.3, -0.25) is 0 Å². The van der Waals surface area contributed by atoms with E-state index in [-0.39, 0.29) is 18.3 Å². The van der Waals surface area contributed by atoms with Crippen molar-refractivity contribution < 1.29 is 18.7 Å². The molecule has 0 unspecified atom stereocenters. The van der Waals surface area contributed by atoms with E-state index < -0.39 is 5.97 Å². The third-order valence-electron chi connectivity index (χ3n) is 4.46. The number of benzene rings is 1. The number of carbonyl (C=O) groups is 1. The minimum absolute atomic E-state index is 0.123. The Morgan fingerprint density at radius 1 is 1.25 bits per heavy atom. The summed E-state index contributed by atoms with van der Waals surface area (Å²) in [5, 5.41) is 0.957. The minimum atomic E-state index is -0.406. The van der Waals surface area contributed by atoms with Crippen LogP contribution < -0.4 is 10.4 Å². The monoisotopic (exact) mass is 330 g/mol. The SMILES string of the molecule is CC[C@H](C)OC(=O)COc1ccc2c3c(c(=O)oc2c1)CCCC3. The van der Waals surface area contributed by atoms with Crippen LogP contribution in [0.5, 0.6) is 5.75 Å². The van der Waals surface area contributed by atoms with Gasteiger partial charge in [0.2, 0.25) is 0 Å². The van der Waals surface area contributed by atoms with Crippen LogP contribution in [0.1, 0.15) is 44.2 Å². The summed E-state index contributed by atoms with van der Waals surface area (Å²) in [5.41, 5.74) is 2.15. The fraction of sp³-hybridized carbons (Fsp3) is 0.474. The molecule has 3 rings (SSSR count). The second-order valence-electron chi connectivity index (χ2n) is 6.21. The van der Waals surface area contributed by atoms with Crippen LogP contribution in [0, 0.1) is 0 Å². The lowest BCUT2D eigenvalue weighted by Crippen LogP contribution is -2.20. The largest absolute Gasteiger partial charge is 0.482 e. The second kappa shape index (κ2) is 7.07. The van der Waals surface area contributed by atoms with Crippen LogP contribution in [0.3, 0.4) is 0 Å². The van der Waals surface area contributed by atoms with E-state index in [4.69, 9.17) is 13.9 Å².